The van der Waals surface area contributed by atoms with E-state index < -0.39 is 0 Å². The maximum atomic E-state index is 4.32. The molecule has 1 radical (unpaired) electrons. The van der Waals surface area contributed by atoms with Gasteiger partial charge in [-0.15, -0.1) is 23.5 Å². The molecule has 211 valence electrons. The summed E-state index contributed by atoms with van der Waals surface area (Å²) in [6, 6.07) is 22.7. The van der Waals surface area contributed by atoms with Crippen molar-refractivity contribution in [2.24, 2.45) is 0 Å². The predicted molar refractivity (Wildman–Crippen MR) is 158 cm³/mol. The molecular weight excluding hydrogens is 675 g/mol. The second kappa shape index (κ2) is 14.5. The fraction of sp³-hybridized carbons (Fsp3) is 0.188. The van der Waals surface area contributed by atoms with Crippen molar-refractivity contribution in [1.82, 2.24) is 25.0 Å². The van der Waals surface area contributed by atoms with Crippen molar-refractivity contribution in [1.29, 1.82) is 0 Å². The minimum Gasteiger partial charge on any atom is -0.574 e. The van der Waals surface area contributed by atoms with E-state index in [1.165, 1.54) is 16.7 Å². The number of hydrogen-bond donors (Lipinski definition) is 0. The molecular formula is C32H34IrN7-5. The molecule has 4 aromatic rings. The first kappa shape index (κ1) is 30.7. The second-order valence-corrected chi connectivity index (χ2v) is 9.57. The third-order valence-electron chi connectivity index (χ3n) is 5.92. The molecule has 0 fully saturated rings. The summed E-state index contributed by atoms with van der Waals surface area (Å²) in [6.45, 7) is 12.2. The number of aryl methyl sites for hydroxylation is 4. The van der Waals surface area contributed by atoms with Crippen LogP contribution >= 0.6 is 0 Å². The van der Waals surface area contributed by atoms with E-state index in [0.29, 0.717) is 0 Å². The first-order valence-electron chi connectivity index (χ1n) is 12.7. The van der Waals surface area contributed by atoms with Crippen LogP contribution < -0.4 is 14.9 Å². The zero-order valence-corrected chi connectivity index (χ0v) is 26.1. The van der Waals surface area contributed by atoms with Crippen LogP contribution in [0.25, 0.3) is 11.4 Å². The summed E-state index contributed by atoms with van der Waals surface area (Å²) in [5.74, 6) is 0. The monoisotopic (exact) mass is 709 g/mol. The quantitative estimate of drug-likeness (QED) is 0.243. The maximum absolute atomic E-state index is 4.32. The number of pyridine rings is 1. The Hall–Kier alpha value is -3.87. The molecule has 0 spiro atoms. The van der Waals surface area contributed by atoms with Crippen molar-refractivity contribution in [2.45, 2.75) is 27.7 Å². The summed E-state index contributed by atoms with van der Waals surface area (Å²) in [5.41, 5.74) is 8.69. The van der Waals surface area contributed by atoms with Crippen LogP contribution in [0.2, 0.25) is 0 Å². The molecule has 4 heterocycles. The summed E-state index contributed by atoms with van der Waals surface area (Å²) < 4.78 is 0. The van der Waals surface area contributed by atoms with E-state index >= 15 is 0 Å². The summed E-state index contributed by atoms with van der Waals surface area (Å²) in [6.07, 6.45) is 11.6. The molecule has 0 N–H and O–H groups in total. The molecule has 2 aromatic heterocycles. The fourth-order valence-corrected chi connectivity index (χ4v) is 3.84. The van der Waals surface area contributed by atoms with Crippen LogP contribution in [0.5, 0.6) is 0 Å². The Labute approximate surface area is 252 Å². The molecule has 0 amide bonds. The Bertz CT molecular complexity index is 1310. The molecule has 6 rings (SSSR count). The average molecular weight is 709 g/mol. The first-order valence-corrected chi connectivity index (χ1v) is 12.7. The van der Waals surface area contributed by atoms with E-state index in [2.05, 4.69) is 71.5 Å². The Morgan fingerprint density at radius 3 is 1.65 bits per heavy atom. The van der Waals surface area contributed by atoms with Gasteiger partial charge in [-0.2, -0.15) is 60.9 Å². The Kier molecular flexibility index (Phi) is 11.1. The minimum atomic E-state index is 0. The molecule has 2 aromatic carbocycles. The van der Waals surface area contributed by atoms with Crippen molar-refractivity contribution in [3.63, 3.8) is 0 Å². The summed E-state index contributed by atoms with van der Waals surface area (Å²) in [4.78, 5) is 12.4. The summed E-state index contributed by atoms with van der Waals surface area (Å²) >= 11 is 0. The van der Waals surface area contributed by atoms with E-state index in [4.69, 9.17) is 0 Å². The van der Waals surface area contributed by atoms with Crippen LogP contribution in [-0.4, -0.2) is 34.0 Å². The Balaban J connectivity index is 0.000000163. The predicted octanol–water partition coefficient (Wildman–Crippen LogP) is 5.99. The summed E-state index contributed by atoms with van der Waals surface area (Å²) in [5, 5.41) is 7.74. The average Bonchev–Trinajstić information content (AvgIpc) is 3.69. The molecule has 7 nitrogen and oxygen atoms in total. The van der Waals surface area contributed by atoms with Crippen LogP contribution in [-0.2, 0) is 20.1 Å². The van der Waals surface area contributed by atoms with Gasteiger partial charge in [0.2, 0.25) is 0 Å². The Morgan fingerprint density at radius 2 is 1.27 bits per heavy atom. The van der Waals surface area contributed by atoms with Gasteiger partial charge in [0, 0.05) is 32.5 Å². The van der Waals surface area contributed by atoms with Gasteiger partial charge in [0.05, 0.1) is 5.69 Å². The maximum Gasteiger partial charge on any atom is 0.0523 e. The van der Waals surface area contributed by atoms with Gasteiger partial charge < -0.3 is 29.8 Å². The molecule has 8 heteroatoms. The molecule has 0 bridgehead atoms. The van der Waals surface area contributed by atoms with Crippen molar-refractivity contribution < 1.29 is 20.1 Å². The van der Waals surface area contributed by atoms with Crippen molar-refractivity contribution >= 4 is 11.4 Å². The van der Waals surface area contributed by atoms with Crippen LogP contribution in [0.4, 0.5) is 11.4 Å². The van der Waals surface area contributed by atoms with Crippen LogP contribution in [0.15, 0.2) is 85.7 Å². The minimum absolute atomic E-state index is 0. The molecule has 0 saturated heterocycles. The number of hydrogen-bond acceptors (Lipinski definition) is 6. The molecule has 0 aliphatic carbocycles. The zero-order valence-electron chi connectivity index (χ0n) is 23.7. The van der Waals surface area contributed by atoms with E-state index in [1.54, 1.807) is 6.20 Å². The third-order valence-corrected chi connectivity index (χ3v) is 5.92. The van der Waals surface area contributed by atoms with Gasteiger partial charge in [-0.3, -0.25) is 4.98 Å². The van der Waals surface area contributed by atoms with E-state index in [0.717, 1.165) is 28.3 Å². The van der Waals surface area contributed by atoms with Crippen LogP contribution in [0.3, 0.4) is 0 Å². The molecule has 2 aliphatic rings. The largest absolute Gasteiger partial charge is 0.574 e. The molecule has 2 aliphatic heterocycles. The Morgan fingerprint density at radius 1 is 0.725 bits per heavy atom. The first-order chi connectivity index (χ1) is 18.8. The van der Waals surface area contributed by atoms with Gasteiger partial charge >= 0.3 is 0 Å². The van der Waals surface area contributed by atoms with Crippen molar-refractivity contribution in [3.05, 3.63) is 133 Å². The number of aromatic nitrogens is 3. The van der Waals surface area contributed by atoms with Gasteiger partial charge in [0.25, 0.3) is 0 Å². The van der Waals surface area contributed by atoms with Crippen LogP contribution in [0, 0.1) is 53.2 Å². The standard InChI is InChI=1S/2C11H12N2.C10H10N3.Ir/c2*1-10-3-5-11(6-4-10)13-8-7-12(2)9-13;1-7-5-8(2)10(11-6-7)9-3-4-12-13-9;/h2*3-5,7-9H,1-2H3;3-6H,1-2H3;/q2*-2;-1;. The normalized spacial score (nSPS) is 13.4. The summed E-state index contributed by atoms with van der Waals surface area (Å²) in [7, 11) is 4.01. The van der Waals surface area contributed by atoms with E-state index in [-0.39, 0.29) is 20.1 Å². The van der Waals surface area contributed by atoms with E-state index in [9.17, 15) is 0 Å². The van der Waals surface area contributed by atoms with Gasteiger partial charge in [0.1, 0.15) is 0 Å². The molecule has 0 atom stereocenters. The molecule has 0 saturated carbocycles. The zero-order chi connectivity index (χ0) is 27.8. The number of rotatable bonds is 3. The van der Waals surface area contributed by atoms with Crippen LogP contribution in [0.1, 0.15) is 22.3 Å². The van der Waals surface area contributed by atoms with Crippen molar-refractivity contribution in [3.8, 4) is 11.4 Å². The second-order valence-electron chi connectivity index (χ2n) is 9.57. The fourth-order valence-electron chi connectivity index (χ4n) is 3.84. The SMILES string of the molecule is Cc1c[c-]c(N2C=CN(C)[CH-]2)cc1.Cc1c[c-]c(N2C=CN(C)[CH-]2)cc1.Cc1cnc(-c2ccn[n-]2)c(C)c1.[Ir]. The van der Waals surface area contributed by atoms with Crippen molar-refractivity contribution in [2.75, 3.05) is 23.9 Å². The van der Waals surface area contributed by atoms with Gasteiger partial charge in [0.15, 0.2) is 0 Å². The van der Waals surface area contributed by atoms with E-state index in [1.807, 2.05) is 110 Å². The topological polar surface area (TPSA) is 52.8 Å². The number of anilines is 2. The number of nitrogens with zero attached hydrogens (tertiary/aromatic N) is 7. The molecule has 40 heavy (non-hydrogen) atoms. The van der Waals surface area contributed by atoms with Gasteiger partial charge in [-0.25, -0.2) is 0 Å². The number of benzene rings is 2. The smallest absolute Gasteiger partial charge is 0.0523 e. The molecule has 0 unspecified atom stereocenters. The third kappa shape index (κ3) is 8.57. The van der Waals surface area contributed by atoms with Gasteiger partial charge in [-0.05, 0) is 63.9 Å². The van der Waals surface area contributed by atoms with Gasteiger partial charge in [-0.1, -0.05) is 31.7 Å².